The quantitative estimate of drug-likeness (QED) is 0.757. The summed E-state index contributed by atoms with van der Waals surface area (Å²) in [5.41, 5.74) is 2.36. The number of para-hydroxylation sites is 2. The molecule has 1 aromatic heterocycles. The van der Waals surface area contributed by atoms with Gasteiger partial charge in [0, 0.05) is 24.7 Å². The lowest BCUT2D eigenvalue weighted by atomic mass is 10.1. The summed E-state index contributed by atoms with van der Waals surface area (Å²) in [6, 6.07) is 14.8. The number of rotatable bonds is 4. The van der Waals surface area contributed by atoms with E-state index in [0.29, 0.717) is 18.2 Å². The Bertz CT molecular complexity index is 949. The third-order valence-electron chi connectivity index (χ3n) is 4.49. The van der Waals surface area contributed by atoms with Crippen molar-refractivity contribution in [1.29, 1.82) is 0 Å². The predicted octanol–water partition coefficient (Wildman–Crippen LogP) is 2.56. The molecule has 1 atom stereocenters. The number of benzene rings is 2. The highest BCUT2D eigenvalue weighted by atomic mass is 16.5. The second-order valence-electron chi connectivity index (χ2n) is 6.20. The van der Waals surface area contributed by atoms with E-state index in [1.165, 1.54) is 0 Å². The summed E-state index contributed by atoms with van der Waals surface area (Å²) in [7, 11) is 1.58. The van der Waals surface area contributed by atoms with Crippen molar-refractivity contribution in [2.45, 2.75) is 6.42 Å². The van der Waals surface area contributed by atoms with Gasteiger partial charge in [-0.05, 0) is 24.3 Å². The fourth-order valence-corrected chi connectivity index (χ4v) is 3.14. The molecule has 7 nitrogen and oxygen atoms in total. The molecule has 1 aliphatic heterocycles. The molecule has 1 fully saturated rings. The van der Waals surface area contributed by atoms with Crippen molar-refractivity contribution in [3.8, 4) is 5.75 Å². The zero-order valence-electron chi connectivity index (χ0n) is 14.2. The Labute approximate surface area is 150 Å². The smallest absolute Gasteiger partial charge is 0.232 e. The molecule has 0 saturated carbocycles. The number of fused-ring (bicyclic) bond motifs is 1. The second kappa shape index (κ2) is 6.51. The molecule has 2 aromatic carbocycles. The van der Waals surface area contributed by atoms with Gasteiger partial charge in [-0.1, -0.05) is 18.2 Å². The van der Waals surface area contributed by atoms with Crippen LogP contribution in [-0.2, 0) is 9.59 Å². The van der Waals surface area contributed by atoms with Crippen molar-refractivity contribution in [2.75, 3.05) is 23.9 Å². The first kappa shape index (κ1) is 16.1. The third-order valence-corrected chi connectivity index (χ3v) is 4.49. The molecule has 0 unspecified atom stereocenters. The average molecular weight is 350 g/mol. The Balaban J connectivity index is 1.48. The molecule has 0 bridgehead atoms. The van der Waals surface area contributed by atoms with Gasteiger partial charge in [0.25, 0.3) is 0 Å². The van der Waals surface area contributed by atoms with E-state index in [9.17, 15) is 9.59 Å². The van der Waals surface area contributed by atoms with Crippen LogP contribution in [0.2, 0.25) is 0 Å². The molecule has 2 N–H and O–H groups in total. The van der Waals surface area contributed by atoms with Crippen molar-refractivity contribution >= 4 is 34.5 Å². The number of hydrogen-bond acceptors (Lipinski definition) is 4. The van der Waals surface area contributed by atoms with Crippen LogP contribution in [-0.4, -0.2) is 35.4 Å². The van der Waals surface area contributed by atoms with Crippen molar-refractivity contribution in [3.05, 3.63) is 48.5 Å². The van der Waals surface area contributed by atoms with Crippen molar-refractivity contribution in [1.82, 2.24) is 9.97 Å². The van der Waals surface area contributed by atoms with Gasteiger partial charge in [-0.3, -0.25) is 14.9 Å². The minimum absolute atomic E-state index is 0.0805. The number of H-pyrrole nitrogens is 1. The second-order valence-corrected chi connectivity index (χ2v) is 6.20. The number of amides is 2. The average Bonchev–Trinajstić information content (AvgIpc) is 3.24. The topological polar surface area (TPSA) is 87.3 Å². The lowest BCUT2D eigenvalue weighted by Gasteiger charge is -2.17. The monoisotopic (exact) mass is 350 g/mol. The van der Waals surface area contributed by atoms with E-state index in [2.05, 4.69) is 15.3 Å². The van der Waals surface area contributed by atoms with Crippen LogP contribution in [0.1, 0.15) is 6.42 Å². The molecule has 4 rings (SSSR count). The lowest BCUT2D eigenvalue weighted by Crippen LogP contribution is -2.28. The summed E-state index contributed by atoms with van der Waals surface area (Å²) < 4.78 is 5.20. The Morgan fingerprint density at radius 2 is 2.12 bits per heavy atom. The van der Waals surface area contributed by atoms with Gasteiger partial charge < -0.3 is 14.6 Å². The number of aromatic nitrogens is 2. The van der Waals surface area contributed by atoms with Crippen LogP contribution in [0.15, 0.2) is 48.5 Å². The molecule has 7 heteroatoms. The molecule has 132 valence electrons. The number of nitrogens with one attached hydrogen (secondary N) is 2. The highest BCUT2D eigenvalue weighted by Crippen LogP contribution is 2.28. The number of methoxy groups -OCH3 is 1. The van der Waals surface area contributed by atoms with Gasteiger partial charge in [0.15, 0.2) is 0 Å². The molecule has 1 aliphatic rings. The Hall–Kier alpha value is -3.35. The van der Waals surface area contributed by atoms with E-state index in [4.69, 9.17) is 4.74 Å². The first-order chi connectivity index (χ1) is 12.6. The Morgan fingerprint density at radius 3 is 2.92 bits per heavy atom. The van der Waals surface area contributed by atoms with Crippen molar-refractivity contribution < 1.29 is 14.3 Å². The molecule has 2 amide bonds. The zero-order chi connectivity index (χ0) is 18.1. The summed E-state index contributed by atoms with van der Waals surface area (Å²) in [5.74, 6) is 0.335. The minimum atomic E-state index is -0.429. The number of hydrogen-bond donors (Lipinski definition) is 2. The van der Waals surface area contributed by atoms with E-state index >= 15 is 0 Å². The predicted molar refractivity (Wildman–Crippen MR) is 98.2 cm³/mol. The van der Waals surface area contributed by atoms with Crippen LogP contribution in [0.3, 0.4) is 0 Å². The van der Waals surface area contributed by atoms with Crippen LogP contribution in [0.4, 0.5) is 11.6 Å². The highest BCUT2D eigenvalue weighted by molar-refractivity contribution is 6.03. The maximum atomic E-state index is 12.6. The van der Waals surface area contributed by atoms with E-state index in [-0.39, 0.29) is 18.2 Å². The van der Waals surface area contributed by atoms with Gasteiger partial charge in [-0.2, -0.15) is 0 Å². The van der Waals surface area contributed by atoms with Gasteiger partial charge in [0.2, 0.25) is 17.8 Å². The van der Waals surface area contributed by atoms with Gasteiger partial charge in [-0.15, -0.1) is 0 Å². The van der Waals surface area contributed by atoms with Crippen LogP contribution < -0.4 is 15.0 Å². The van der Waals surface area contributed by atoms with Crippen LogP contribution in [0, 0.1) is 5.92 Å². The van der Waals surface area contributed by atoms with Gasteiger partial charge >= 0.3 is 0 Å². The van der Waals surface area contributed by atoms with Crippen molar-refractivity contribution in [3.63, 3.8) is 0 Å². The molecule has 26 heavy (non-hydrogen) atoms. The summed E-state index contributed by atoms with van der Waals surface area (Å²) in [4.78, 5) is 33.9. The van der Waals surface area contributed by atoms with E-state index < -0.39 is 5.92 Å². The fourth-order valence-electron chi connectivity index (χ4n) is 3.14. The summed E-state index contributed by atoms with van der Waals surface area (Å²) in [6.45, 7) is 0.331. The van der Waals surface area contributed by atoms with E-state index in [0.717, 1.165) is 16.7 Å². The van der Waals surface area contributed by atoms with Crippen LogP contribution in [0.25, 0.3) is 11.0 Å². The molecule has 2 heterocycles. The third kappa shape index (κ3) is 2.99. The maximum Gasteiger partial charge on any atom is 0.232 e. The molecular formula is C19H18N4O3. The standard InChI is InChI=1S/C19H18N4O3/c1-26-14-6-4-5-13(10-14)23-11-12(9-17(23)24)18(25)22-19-20-15-7-2-3-8-16(15)21-19/h2-8,10,12H,9,11H2,1H3,(H2,20,21,22,25)/t12-/m1/s1. The largest absolute Gasteiger partial charge is 0.497 e. The first-order valence-electron chi connectivity index (χ1n) is 8.34. The maximum absolute atomic E-state index is 12.6. The highest BCUT2D eigenvalue weighted by Gasteiger charge is 2.35. The number of anilines is 2. The minimum Gasteiger partial charge on any atom is -0.497 e. The number of aromatic amines is 1. The Kier molecular flexibility index (Phi) is 4.04. The van der Waals surface area contributed by atoms with E-state index in [1.807, 2.05) is 42.5 Å². The fraction of sp³-hybridized carbons (Fsp3) is 0.211. The van der Waals surface area contributed by atoms with Crippen LogP contribution >= 0.6 is 0 Å². The Morgan fingerprint density at radius 1 is 1.27 bits per heavy atom. The summed E-state index contributed by atoms with van der Waals surface area (Å²) in [6.07, 6.45) is 0.170. The number of imidazole rings is 1. The number of carbonyl (C=O) groups excluding carboxylic acids is 2. The number of carbonyl (C=O) groups is 2. The number of ether oxygens (including phenoxy) is 1. The normalized spacial score (nSPS) is 16.9. The van der Waals surface area contributed by atoms with Gasteiger partial charge in [0.05, 0.1) is 24.1 Å². The molecular weight excluding hydrogens is 332 g/mol. The lowest BCUT2D eigenvalue weighted by molar-refractivity contribution is -0.122. The molecule has 1 saturated heterocycles. The molecule has 0 radical (unpaired) electrons. The summed E-state index contributed by atoms with van der Waals surface area (Å²) in [5, 5.41) is 2.78. The van der Waals surface area contributed by atoms with Crippen LogP contribution in [0.5, 0.6) is 5.75 Å². The summed E-state index contributed by atoms with van der Waals surface area (Å²) >= 11 is 0. The van der Waals surface area contributed by atoms with Crippen molar-refractivity contribution in [2.24, 2.45) is 5.92 Å². The number of nitrogens with zero attached hydrogens (tertiary/aromatic N) is 2. The molecule has 0 aliphatic carbocycles. The van der Waals surface area contributed by atoms with Gasteiger partial charge in [-0.25, -0.2) is 4.98 Å². The molecule has 0 spiro atoms. The SMILES string of the molecule is COc1cccc(N2C[C@H](C(=O)Nc3nc4ccccc4[nH]3)CC2=O)c1. The van der Waals surface area contributed by atoms with Gasteiger partial charge in [0.1, 0.15) is 5.75 Å². The zero-order valence-corrected chi connectivity index (χ0v) is 14.2. The van der Waals surface area contributed by atoms with E-state index in [1.54, 1.807) is 18.1 Å². The molecule has 3 aromatic rings. The first-order valence-corrected chi connectivity index (χ1v) is 8.34.